The Labute approximate surface area is 150 Å². The van der Waals surface area contributed by atoms with Crippen LogP contribution in [0.1, 0.15) is 16.3 Å². The molecule has 0 saturated carbocycles. The molecule has 0 aliphatic carbocycles. The third-order valence-corrected chi connectivity index (χ3v) is 5.32. The molecule has 3 heterocycles. The first-order chi connectivity index (χ1) is 11.7. The van der Waals surface area contributed by atoms with Crippen LogP contribution in [0.4, 0.5) is 0 Å². The van der Waals surface area contributed by atoms with Gasteiger partial charge in [0.05, 0.1) is 4.53 Å². The van der Waals surface area contributed by atoms with Crippen LogP contribution in [0.2, 0.25) is 5.02 Å². The van der Waals surface area contributed by atoms with Gasteiger partial charge in [-0.05, 0) is 47.4 Å². The molecule has 4 aromatic rings. The van der Waals surface area contributed by atoms with Gasteiger partial charge >= 0.3 is 0 Å². The van der Waals surface area contributed by atoms with Crippen molar-refractivity contribution in [2.45, 2.75) is 0 Å². The first-order valence-corrected chi connectivity index (χ1v) is 9.15. The lowest BCUT2D eigenvalue weighted by atomic mass is 10.2. The molecule has 3 aromatic heterocycles. The number of nitrogens with zero attached hydrogens (tertiary/aromatic N) is 3. The van der Waals surface area contributed by atoms with E-state index in [1.165, 1.54) is 15.9 Å². The summed E-state index contributed by atoms with van der Waals surface area (Å²) in [6, 6.07) is 11.4. The van der Waals surface area contributed by atoms with Gasteiger partial charge in [0.15, 0.2) is 5.82 Å². The molecule has 0 saturated heterocycles. The predicted octanol–water partition coefficient (Wildman–Crippen LogP) is 3.58. The Hall–Kier alpha value is -2.28. The Morgan fingerprint density at radius 3 is 2.83 bits per heavy atom. The van der Waals surface area contributed by atoms with E-state index >= 15 is 0 Å². The molecule has 0 unspecified atom stereocenters. The molecule has 0 aliphatic rings. The zero-order valence-electron chi connectivity index (χ0n) is 12.2. The average molecular weight is 372 g/mol. The summed E-state index contributed by atoms with van der Waals surface area (Å²) in [6.07, 6.45) is 5.55. The van der Waals surface area contributed by atoms with E-state index in [1.807, 2.05) is 47.9 Å². The summed E-state index contributed by atoms with van der Waals surface area (Å²) in [5.41, 5.74) is 0.708. The van der Waals surface area contributed by atoms with E-state index in [9.17, 15) is 4.79 Å². The van der Waals surface area contributed by atoms with Gasteiger partial charge in [0.25, 0.3) is 5.56 Å². The summed E-state index contributed by atoms with van der Waals surface area (Å²) in [6.45, 7) is 0. The fourth-order valence-electron chi connectivity index (χ4n) is 2.21. The zero-order chi connectivity index (χ0) is 16.5. The first-order valence-electron chi connectivity index (χ1n) is 7.07. The minimum absolute atomic E-state index is 0.168. The van der Waals surface area contributed by atoms with Gasteiger partial charge in [-0.1, -0.05) is 41.1 Å². The van der Waals surface area contributed by atoms with Crippen molar-refractivity contribution >= 4 is 57.5 Å². The van der Waals surface area contributed by atoms with Crippen LogP contribution < -0.4 is 10.1 Å². The Morgan fingerprint density at radius 2 is 2.08 bits per heavy atom. The van der Waals surface area contributed by atoms with Crippen molar-refractivity contribution in [1.29, 1.82) is 0 Å². The number of rotatable bonds is 3. The number of benzene rings is 1. The van der Waals surface area contributed by atoms with Crippen LogP contribution in [0.3, 0.4) is 0 Å². The molecule has 0 spiro atoms. The largest absolute Gasteiger partial charge is 0.291 e. The van der Waals surface area contributed by atoms with Gasteiger partial charge in [-0.25, -0.2) is 0 Å². The summed E-state index contributed by atoms with van der Waals surface area (Å²) in [7, 11) is 0. The maximum absolute atomic E-state index is 12.4. The second kappa shape index (κ2) is 6.32. The molecule has 118 valence electrons. The molecule has 0 atom stereocenters. The lowest BCUT2D eigenvalue weighted by molar-refractivity contribution is 0.925. The third kappa shape index (κ3) is 3.03. The maximum atomic E-state index is 12.4. The molecule has 24 heavy (non-hydrogen) atoms. The summed E-state index contributed by atoms with van der Waals surface area (Å²) < 4.78 is 1.93. The van der Waals surface area contributed by atoms with Crippen molar-refractivity contribution in [2.75, 3.05) is 0 Å². The van der Waals surface area contributed by atoms with Crippen LogP contribution in [-0.4, -0.2) is 14.6 Å². The molecule has 0 fully saturated rings. The van der Waals surface area contributed by atoms with Crippen molar-refractivity contribution in [3.8, 4) is 0 Å². The normalized spacial score (nSPS) is 12.6. The second-order valence-corrected chi connectivity index (χ2v) is 7.41. The first kappa shape index (κ1) is 15.3. The van der Waals surface area contributed by atoms with Gasteiger partial charge < -0.3 is 0 Å². The SMILES string of the molecule is O=c1/c(=C/c2cccc(Cl)c2)sc2nc(/C=C/c3cccs3)nn12. The fourth-order valence-corrected chi connectivity index (χ4v) is 3.94. The molecule has 0 aliphatic heterocycles. The van der Waals surface area contributed by atoms with Crippen LogP contribution in [0, 0.1) is 0 Å². The van der Waals surface area contributed by atoms with Crippen molar-refractivity contribution < 1.29 is 0 Å². The van der Waals surface area contributed by atoms with Crippen molar-refractivity contribution in [1.82, 2.24) is 14.6 Å². The minimum Gasteiger partial charge on any atom is -0.266 e. The lowest BCUT2D eigenvalue weighted by Crippen LogP contribution is -2.23. The van der Waals surface area contributed by atoms with Crippen LogP contribution in [0.15, 0.2) is 46.6 Å². The Morgan fingerprint density at radius 1 is 1.17 bits per heavy atom. The van der Waals surface area contributed by atoms with Crippen LogP contribution in [0.5, 0.6) is 0 Å². The highest BCUT2D eigenvalue weighted by Crippen LogP contribution is 2.13. The van der Waals surface area contributed by atoms with Crippen molar-refractivity contribution in [2.24, 2.45) is 0 Å². The van der Waals surface area contributed by atoms with Gasteiger partial charge in [0.1, 0.15) is 0 Å². The van der Waals surface area contributed by atoms with E-state index in [0.717, 1.165) is 10.4 Å². The topological polar surface area (TPSA) is 47.3 Å². The van der Waals surface area contributed by atoms with E-state index in [-0.39, 0.29) is 5.56 Å². The van der Waals surface area contributed by atoms with Crippen molar-refractivity contribution in [3.63, 3.8) is 0 Å². The van der Waals surface area contributed by atoms with Gasteiger partial charge in [-0.2, -0.15) is 9.50 Å². The standard InChI is InChI=1S/C17H10ClN3OS2/c18-12-4-1-3-11(9-12)10-14-16(22)21-17(24-14)19-15(20-21)7-6-13-5-2-8-23-13/h1-10H/b7-6+,14-10-. The number of hydrogen-bond donors (Lipinski definition) is 0. The highest BCUT2D eigenvalue weighted by atomic mass is 35.5. The summed E-state index contributed by atoms with van der Waals surface area (Å²) in [5.74, 6) is 0.529. The molecule has 0 bridgehead atoms. The number of halogens is 1. The Bertz CT molecular complexity index is 1140. The Kier molecular flexibility index (Phi) is 4.02. The van der Waals surface area contributed by atoms with E-state index in [0.29, 0.717) is 20.3 Å². The lowest BCUT2D eigenvalue weighted by Gasteiger charge is -1.91. The smallest absolute Gasteiger partial charge is 0.266 e. The molecule has 0 N–H and O–H groups in total. The molecular weight excluding hydrogens is 362 g/mol. The number of thiophene rings is 1. The van der Waals surface area contributed by atoms with Crippen LogP contribution >= 0.6 is 34.3 Å². The van der Waals surface area contributed by atoms with Gasteiger partial charge in [-0.3, -0.25) is 4.79 Å². The molecule has 1 aromatic carbocycles. The average Bonchev–Trinajstić information content (AvgIpc) is 3.25. The van der Waals surface area contributed by atoms with E-state index in [2.05, 4.69) is 10.1 Å². The highest BCUT2D eigenvalue weighted by molar-refractivity contribution is 7.15. The highest BCUT2D eigenvalue weighted by Gasteiger charge is 2.08. The number of hydrogen-bond acceptors (Lipinski definition) is 5. The summed E-state index contributed by atoms with van der Waals surface area (Å²) in [5, 5.41) is 6.91. The quantitative estimate of drug-likeness (QED) is 0.553. The van der Waals surface area contributed by atoms with Gasteiger partial charge in [0.2, 0.25) is 4.96 Å². The fraction of sp³-hybridized carbons (Fsp3) is 0. The molecule has 0 radical (unpaired) electrons. The van der Waals surface area contributed by atoms with Crippen LogP contribution in [-0.2, 0) is 0 Å². The minimum atomic E-state index is -0.168. The molecule has 4 nitrogen and oxygen atoms in total. The zero-order valence-corrected chi connectivity index (χ0v) is 14.6. The number of aromatic nitrogens is 3. The Balaban J connectivity index is 1.72. The van der Waals surface area contributed by atoms with Crippen LogP contribution in [0.25, 0.3) is 23.2 Å². The van der Waals surface area contributed by atoms with Crippen molar-refractivity contribution in [3.05, 3.63) is 78.0 Å². The summed E-state index contributed by atoms with van der Waals surface area (Å²) in [4.78, 5) is 18.5. The number of thiazole rings is 1. The summed E-state index contributed by atoms with van der Waals surface area (Å²) >= 11 is 8.93. The molecule has 4 rings (SSSR count). The monoisotopic (exact) mass is 371 g/mol. The van der Waals surface area contributed by atoms with Gasteiger partial charge in [-0.15, -0.1) is 16.4 Å². The molecule has 7 heteroatoms. The predicted molar refractivity (Wildman–Crippen MR) is 101 cm³/mol. The van der Waals surface area contributed by atoms with E-state index < -0.39 is 0 Å². The second-order valence-electron chi connectivity index (χ2n) is 4.98. The number of fused-ring (bicyclic) bond motifs is 1. The third-order valence-electron chi connectivity index (χ3n) is 3.28. The van der Waals surface area contributed by atoms with Gasteiger partial charge in [0, 0.05) is 9.90 Å². The molecule has 0 amide bonds. The van der Waals surface area contributed by atoms with E-state index in [4.69, 9.17) is 11.6 Å². The molecular formula is C17H10ClN3OS2. The maximum Gasteiger partial charge on any atom is 0.291 e. The van der Waals surface area contributed by atoms with E-state index in [1.54, 1.807) is 23.5 Å².